The van der Waals surface area contributed by atoms with Crippen molar-refractivity contribution in [1.82, 2.24) is 0 Å². The molecule has 5 nitrogen and oxygen atoms in total. The predicted octanol–water partition coefficient (Wildman–Crippen LogP) is 2.54. The monoisotopic (exact) mass is 249 g/mol. The summed E-state index contributed by atoms with van der Waals surface area (Å²) in [7, 11) is 0. The van der Waals surface area contributed by atoms with Crippen molar-refractivity contribution in [3.8, 4) is 0 Å². The van der Waals surface area contributed by atoms with Gasteiger partial charge in [0.15, 0.2) is 0 Å². The normalized spacial score (nSPS) is 11.4. The highest BCUT2D eigenvalue weighted by atomic mass is 16.7. The molecule has 0 aliphatic rings. The molecule has 1 unspecified atom stereocenters. The van der Waals surface area contributed by atoms with Crippen molar-refractivity contribution in [3.63, 3.8) is 0 Å². The number of hydrogen-bond donors (Lipinski definition) is 1. The third kappa shape index (κ3) is 4.37. The third-order valence-corrected chi connectivity index (χ3v) is 2.33. The second-order valence-electron chi connectivity index (χ2n) is 3.63. The van der Waals surface area contributed by atoms with Gasteiger partial charge in [-0.25, -0.2) is 4.79 Å². The fourth-order valence-electron chi connectivity index (χ4n) is 1.26. The molecule has 0 bridgehead atoms. The van der Waals surface area contributed by atoms with Crippen LogP contribution in [0.4, 0.5) is 4.79 Å². The molecule has 18 heavy (non-hydrogen) atoms. The van der Waals surface area contributed by atoms with Crippen LogP contribution in [0.1, 0.15) is 18.9 Å². The topological polar surface area (TPSA) is 76.5 Å². The Morgan fingerprint density at radius 3 is 2.56 bits per heavy atom. The number of benzene rings is 1. The molecule has 96 valence electrons. The van der Waals surface area contributed by atoms with Crippen molar-refractivity contribution in [1.29, 1.82) is 5.41 Å². The second-order valence-corrected chi connectivity index (χ2v) is 3.63. The Morgan fingerprint density at radius 1 is 1.33 bits per heavy atom. The summed E-state index contributed by atoms with van der Waals surface area (Å²) in [6, 6.07) is 9.07. The van der Waals surface area contributed by atoms with Crippen LogP contribution in [-0.4, -0.2) is 18.3 Å². The first-order chi connectivity index (χ1) is 8.67. The molecule has 1 aromatic rings. The fourth-order valence-corrected chi connectivity index (χ4v) is 1.26. The Hall–Kier alpha value is -2.17. The molecular formula is C13H15NO4. The van der Waals surface area contributed by atoms with E-state index < -0.39 is 18.0 Å². The fraction of sp³-hybridized carbons (Fsp3) is 0.308. The molecule has 1 N–H and O–H groups in total. The first kappa shape index (κ1) is 13.9. The van der Waals surface area contributed by atoms with Crippen LogP contribution in [0.2, 0.25) is 0 Å². The molecule has 0 aliphatic carbocycles. The molecule has 0 saturated carbocycles. The Balaban J connectivity index is 2.38. The highest BCUT2D eigenvalue weighted by Crippen LogP contribution is 2.05. The molecule has 0 spiro atoms. The van der Waals surface area contributed by atoms with Crippen LogP contribution in [0.3, 0.4) is 0 Å². The number of esters is 1. The van der Waals surface area contributed by atoms with Crippen molar-refractivity contribution < 1.29 is 19.1 Å². The van der Waals surface area contributed by atoms with Gasteiger partial charge in [0.05, 0.1) is 5.92 Å². The second kappa shape index (κ2) is 7.21. The number of rotatable bonds is 5. The molecule has 0 heterocycles. The van der Waals surface area contributed by atoms with Gasteiger partial charge >= 0.3 is 12.1 Å². The van der Waals surface area contributed by atoms with Gasteiger partial charge in [-0.1, -0.05) is 37.3 Å². The van der Waals surface area contributed by atoms with Gasteiger partial charge < -0.3 is 14.9 Å². The van der Waals surface area contributed by atoms with E-state index in [0.29, 0.717) is 6.42 Å². The third-order valence-electron chi connectivity index (χ3n) is 2.33. The first-order valence-corrected chi connectivity index (χ1v) is 5.60. The zero-order chi connectivity index (χ0) is 13.4. The minimum Gasteiger partial charge on any atom is -0.429 e. The molecule has 1 atom stereocenters. The molecule has 1 rings (SSSR count). The van der Waals surface area contributed by atoms with Crippen molar-refractivity contribution in [2.24, 2.45) is 5.92 Å². The van der Waals surface area contributed by atoms with Crippen LogP contribution in [0.15, 0.2) is 30.3 Å². The lowest BCUT2D eigenvalue weighted by molar-refractivity contribution is -0.142. The van der Waals surface area contributed by atoms with Crippen molar-refractivity contribution in [2.45, 2.75) is 20.0 Å². The lowest BCUT2D eigenvalue weighted by Gasteiger charge is -2.08. The summed E-state index contributed by atoms with van der Waals surface area (Å²) in [5.41, 5.74) is 0.806. The number of carbonyl (C=O) groups is 2. The van der Waals surface area contributed by atoms with Gasteiger partial charge in [-0.15, -0.1) is 0 Å². The molecule has 1 aromatic carbocycles. The van der Waals surface area contributed by atoms with E-state index in [-0.39, 0.29) is 6.61 Å². The summed E-state index contributed by atoms with van der Waals surface area (Å²) < 4.78 is 9.25. The Kier molecular flexibility index (Phi) is 5.57. The Labute approximate surface area is 105 Å². The zero-order valence-corrected chi connectivity index (χ0v) is 10.1. The molecule has 0 fully saturated rings. The van der Waals surface area contributed by atoms with Crippen LogP contribution < -0.4 is 0 Å². The zero-order valence-electron chi connectivity index (χ0n) is 10.1. The van der Waals surface area contributed by atoms with Gasteiger partial charge in [-0.2, -0.15) is 0 Å². The van der Waals surface area contributed by atoms with Gasteiger partial charge in [0, 0.05) is 6.21 Å². The van der Waals surface area contributed by atoms with Crippen LogP contribution in [0.5, 0.6) is 0 Å². The van der Waals surface area contributed by atoms with Gasteiger partial charge in [0.25, 0.3) is 0 Å². The average Bonchev–Trinajstić information content (AvgIpc) is 2.39. The molecule has 0 saturated heterocycles. The maximum atomic E-state index is 11.4. The molecule has 5 heteroatoms. The maximum Gasteiger partial charge on any atom is 0.516 e. The van der Waals surface area contributed by atoms with Gasteiger partial charge in [0.1, 0.15) is 6.61 Å². The van der Waals surface area contributed by atoms with Crippen LogP contribution >= 0.6 is 0 Å². The molecule has 0 aromatic heterocycles. The van der Waals surface area contributed by atoms with Gasteiger partial charge in [0.2, 0.25) is 0 Å². The number of hydrogen-bond acceptors (Lipinski definition) is 5. The summed E-state index contributed by atoms with van der Waals surface area (Å²) in [5, 5.41) is 6.99. The lowest BCUT2D eigenvalue weighted by Crippen LogP contribution is -2.22. The largest absolute Gasteiger partial charge is 0.516 e. The quantitative estimate of drug-likeness (QED) is 0.494. The summed E-state index contributed by atoms with van der Waals surface area (Å²) in [4.78, 5) is 22.6. The Morgan fingerprint density at radius 2 is 2.00 bits per heavy atom. The molecular weight excluding hydrogens is 234 g/mol. The van der Waals surface area contributed by atoms with E-state index in [1.54, 1.807) is 19.1 Å². The number of nitrogens with one attached hydrogen (secondary N) is 1. The van der Waals surface area contributed by atoms with E-state index in [9.17, 15) is 9.59 Å². The van der Waals surface area contributed by atoms with Crippen LogP contribution in [0, 0.1) is 11.3 Å². The highest BCUT2D eigenvalue weighted by molar-refractivity contribution is 5.93. The van der Waals surface area contributed by atoms with E-state index in [1.165, 1.54) is 0 Å². The van der Waals surface area contributed by atoms with Crippen LogP contribution in [-0.2, 0) is 20.9 Å². The molecule has 0 radical (unpaired) electrons. The lowest BCUT2D eigenvalue weighted by atomic mass is 10.1. The average molecular weight is 249 g/mol. The molecule has 0 aliphatic heterocycles. The van der Waals surface area contributed by atoms with E-state index in [1.807, 2.05) is 18.2 Å². The summed E-state index contributed by atoms with van der Waals surface area (Å²) in [6.45, 7) is 1.78. The number of ether oxygens (including phenoxy) is 2. The SMILES string of the molecule is CCC(C=N)C(=O)OC(=O)OCc1ccccc1. The maximum absolute atomic E-state index is 11.4. The van der Waals surface area contributed by atoms with E-state index >= 15 is 0 Å². The van der Waals surface area contributed by atoms with Gasteiger partial charge in [-0.3, -0.25) is 4.79 Å². The van der Waals surface area contributed by atoms with Crippen molar-refractivity contribution >= 4 is 18.3 Å². The summed E-state index contributed by atoms with van der Waals surface area (Å²) in [5.74, 6) is -1.46. The van der Waals surface area contributed by atoms with Crippen LogP contribution in [0.25, 0.3) is 0 Å². The minimum absolute atomic E-state index is 0.0499. The predicted molar refractivity (Wildman–Crippen MR) is 65.3 cm³/mol. The number of carbonyl (C=O) groups excluding carboxylic acids is 2. The van der Waals surface area contributed by atoms with E-state index in [0.717, 1.165) is 11.8 Å². The van der Waals surface area contributed by atoms with E-state index in [4.69, 9.17) is 10.1 Å². The molecule has 0 amide bonds. The first-order valence-electron chi connectivity index (χ1n) is 5.60. The van der Waals surface area contributed by atoms with Gasteiger partial charge in [-0.05, 0) is 12.0 Å². The minimum atomic E-state index is -1.04. The highest BCUT2D eigenvalue weighted by Gasteiger charge is 2.19. The summed E-state index contributed by atoms with van der Waals surface area (Å²) >= 11 is 0. The smallest absolute Gasteiger partial charge is 0.429 e. The summed E-state index contributed by atoms with van der Waals surface area (Å²) in [6.07, 6.45) is 0.324. The Bertz CT molecular complexity index is 416. The van der Waals surface area contributed by atoms with E-state index in [2.05, 4.69) is 4.74 Å². The van der Waals surface area contributed by atoms with Crippen molar-refractivity contribution in [3.05, 3.63) is 35.9 Å². The standard InChI is InChI=1S/C13H15NO4/c1-2-11(8-14)12(15)18-13(16)17-9-10-6-4-3-5-7-10/h3-8,11,14H,2,9H2,1H3. The van der Waals surface area contributed by atoms with Crippen molar-refractivity contribution in [2.75, 3.05) is 0 Å².